The molecule has 0 aliphatic carbocycles. The van der Waals surface area contributed by atoms with Crippen molar-refractivity contribution < 1.29 is 9.47 Å². The second-order valence-electron chi connectivity index (χ2n) is 8.84. The van der Waals surface area contributed by atoms with Crippen molar-refractivity contribution in [3.05, 3.63) is 17.6 Å². The zero-order valence-corrected chi connectivity index (χ0v) is 16.3. The summed E-state index contributed by atoms with van der Waals surface area (Å²) in [5, 5.41) is 3.51. The number of methoxy groups -OCH3 is 1. The van der Waals surface area contributed by atoms with Crippen LogP contribution in [0.5, 0.6) is 0 Å². The van der Waals surface area contributed by atoms with Crippen LogP contribution in [0.2, 0.25) is 0 Å². The normalized spacial score (nSPS) is 22.0. The summed E-state index contributed by atoms with van der Waals surface area (Å²) in [6, 6.07) is 1.99. The van der Waals surface area contributed by atoms with Crippen LogP contribution in [-0.2, 0) is 21.5 Å². The maximum absolute atomic E-state index is 5.97. The van der Waals surface area contributed by atoms with E-state index in [0.29, 0.717) is 12.5 Å². The number of hydrogen-bond acceptors (Lipinski definition) is 5. The smallest absolute Gasteiger partial charge is 0.136 e. The molecule has 1 aromatic heterocycles. The fourth-order valence-electron chi connectivity index (χ4n) is 3.18. The number of ether oxygens (including phenoxy) is 2. The van der Waals surface area contributed by atoms with E-state index in [9.17, 15) is 0 Å². The van der Waals surface area contributed by atoms with E-state index in [0.717, 1.165) is 36.9 Å². The summed E-state index contributed by atoms with van der Waals surface area (Å²) >= 11 is 0. The molecule has 0 aromatic carbocycles. The van der Waals surface area contributed by atoms with Crippen LogP contribution in [0.1, 0.15) is 59.5 Å². The topological polar surface area (TPSA) is 56.3 Å². The van der Waals surface area contributed by atoms with E-state index in [1.54, 1.807) is 7.11 Å². The predicted octanol–water partition coefficient (Wildman–Crippen LogP) is 3.78. The Morgan fingerprint density at radius 2 is 1.92 bits per heavy atom. The van der Waals surface area contributed by atoms with Gasteiger partial charge in [-0.05, 0) is 11.8 Å². The fraction of sp³-hybridized carbons (Fsp3) is 0.789. The van der Waals surface area contributed by atoms with Gasteiger partial charge in [0.2, 0.25) is 0 Å². The van der Waals surface area contributed by atoms with Crippen molar-refractivity contribution in [2.24, 2.45) is 11.3 Å². The lowest BCUT2D eigenvalue weighted by Crippen LogP contribution is -2.35. The molecule has 0 amide bonds. The molecule has 2 heterocycles. The second kappa shape index (κ2) is 7.36. The summed E-state index contributed by atoms with van der Waals surface area (Å²) in [4.78, 5) is 9.34. The number of hydrogen-bond donors (Lipinski definition) is 1. The van der Waals surface area contributed by atoms with E-state index >= 15 is 0 Å². The van der Waals surface area contributed by atoms with Gasteiger partial charge in [-0.2, -0.15) is 0 Å². The van der Waals surface area contributed by atoms with Crippen LogP contribution in [0.15, 0.2) is 6.07 Å². The van der Waals surface area contributed by atoms with Crippen LogP contribution in [0, 0.1) is 11.3 Å². The molecule has 1 aliphatic heterocycles. The summed E-state index contributed by atoms with van der Waals surface area (Å²) in [7, 11) is 1.69. The monoisotopic (exact) mass is 335 g/mol. The Hall–Kier alpha value is -1.20. The van der Waals surface area contributed by atoms with Crippen molar-refractivity contribution in [3.8, 4) is 0 Å². The Kier molecular flexibility index (Phi) is 5.87. The Bertz CT molecular complexity index is 547. The third-order valence-electron chi connectivity index (χ3n) is 4.36. The molecule has 1 N–H and O–H groups in total. The largest absolute Gasteiger partial charge is 0.378 e. The van der Waals surface area contributed by atoms with Crippen molar-refractivity contribution >= 4 is 5.82 Å². The zero-order chi connectivity index (χ0) is 18.0. The highest BCUT2D eigenvalue weighted by molar-refractivity contribution is 5.37. The predicted molar refractivity (Wildman–Crippen MR) is 97.2 cm³/mol. The Balaban J connectivity index is 2.12. The van der Waals surface area contributed by atoms with Gasteiger partial charge in [-0.15, -0.1) is 0 Å². The molecule has 1 fully saturated rings. The molecule has 0 bridgehead atoms. The molecule has 136 valence electrons. The number of nitrogens with zero attached hydrogens (tertiary/aromatic N) is 2. The van der Waals surface area contributed by atoms with Crippen molar-refractivity contribution in [1.29, 1.82) is 0 Å². The number of rotatable bonds is 5. The Labute approximate surface area is 146 Å². The van der Waals surface area contributed by atoms with Gasteiger partial charge in [0.05, 0.1) is 18.4 Å². The van der Waals surface area contributed by atoms with Gasteiger partial charge in [-0.1, -0.05) is 41.5 Å². The summed E-state index contributed by atoms with van der Waals surface area (Å²) in [6.07, 6.45) is 1.38. The minimum absolute atomic E-state index is 0.0927. The zero-order valence-electron chi connectivity index (χ0n) is 16.3. The average Bonchev–Trinajstić information content (AvgIpc) is 2.93. The highest BCUT2D eigenvalue weighted by Gasteiger charge is 2.37. The molecule has 2 unspecified atom stereocenters. The molecular weight excluding hydrogens is 302 g/mol. The van der Waals surface area contributed by atoms with E-state index < -0.39 is 0 Å². The minimum atomic E-state index is -0.0927. The first-order valence-corrected chi connectivity index (χ1v) is 8.84. The number of nitrogens with one attached hydrogen (secondary N) is 1. The standard InChI is InChI=1S/C19H33N3O2/c1-18(2,3)16-13(8-9-24-16)11-20-15-10-14(12-23-7)21-17(22-15)19(4,5)6/h10,13,16H,8-9,11-12H2,1-7H3,(H,20,21,22). The molecule has 2 rings (SSSR count). The first-order chi connectivity index (χ1) is 11.1. The van der Waals surface area contributed by atoms with Gasteiger partial charge in [0.15, 0.2) is 0 Å². The molecule has 0 saturated carbocycles. The maximum atomic E-state index is 5.97. The lowest BCUT2D eigenvalue weighted by molar-refractivity contribution is 0.00956. The molecule has 5 nitrogen and oxygen atoms in total. The van der Waals surface area contributed by atoms with Crippen molar-refractivity contribution in [2.45, 2.75) is 66.1 Å². The van der Waals surface area contributed by atoms with Gasteiger partial charge >= 0.3 is 0 Å². The summed E-state index contributed by atoms with van der Waals surface area (Å²) in [6.45, 7) is 15.3. The third-order valence-corrected chi connectivity index (χ3v) is 4.36. The van der Waals surface area contributed by atoms with Crippen molar-refractivity contribution in [2.75, 3.05) is 25.6 Å². The van der Waals surface area contributed by atoms with Gasteiger partial charge in [-0.25, -0.2) is 9.97 Å². The van der Waals surface area contributed by atoms with Gasteiger partial charge < -0.3 is 14.8 Å². The van der Waals surface area contributed by atoms with Crippen LogP contribution in [0.3, 0.4) is 0 Å². The summed E-state index contributed by atoms with van der Waals surface area (Å²) in [5.41, 5.74) is 0.978. The first-order valence-electron chi connectivity index (χ1n) is 8.84. The molecule has 1 aliphatic rings. The van der Waals surface area contributed by atoms with Crippen LogP contribution in [0.4, 0.5) is 5.82 Å². The molecule has 0 radical (unpaired) electrons. The molecule has 2 atom stereocenters. The van der Waals surface area contributed by atoms with Crippen LogP contribution >= 0.6 is 0 Å². The highest BCUT2D eigenvalue weighted by atomic mass is 16.5. The lowest BCUT2D eigenvalue weighted by Gasteiger charge is -2.31. The average molecular weight is 335 g/mol. The van der Waals surface area contributed by atoms with Gasteiger partial charge in [0.1, 0.15) is 11.6 Å². The quantitative estimate of drug-likeness (QED) is 0.887. The lowest BCUT2D eigenvalue weighted by atomic mass is 9.81. The van der Waals surface area contributed by atoms with Gasteiger partial charge in [-0.3, -0.25) is 0 Å². The second-order valence-corrected chi connectivity index (χ2v) is 8.84. The molecule has 0 spiro atoms. The fourth-order valence-corrected chi connectivity index (χ4v) is 3.18. The van der Waals surface area contributed by atoms with E-state index in [-0.39, 0.29) is 16.9 Å². The number of anilines is 1. The van der Waals surface area contributed by atoms with E-state index in [1.165, 1.54) is 0 Å². The molecular formula is C19H33N3O2. The van der Waals surface area contributed by atoms with Crippen LogP contribution in [0.25, 0.3) is 0 Å². The summed E-state index contributed by atoms with van der Waals surface area (Å²) in [5.74, 6) is 2.22. The van der Waals surface area contributed by atoms with Crippen molar-refractivity contribution in [3.63, 3.8) is 0 Å². The number of aromatic nitrogens is 2. The molecule has 24 heavy (non-hydrogen) atoms. The molecule has 1 saturated heterocycles. The third kappa shape index (κ3) is 4.90. The summed E-state index contributed by atoms with van der Waals surface area (Å²) < 4.78 is 11.2. The van der Waals surface area contributed by atoms with Gasteiger partial charge in [0.25, 0.3) is 0 Å². The highest BCUT2D eigenvalue weighted by Crippen LogP contribution is 2.34. The minimum Gasteiger partial charge on any atom is -0.378 e. The van der Waals surface area contributed by atoms with Gasteiger partial charge in [0, 0.05) is 37.7 Å². The molecule has 5 heteroatoms. The van der Waals surface area contributed by atoms with E-state index in [4.69, 9.17) is 14.5 Å². The molecule has 1 aromatic rings. The first kappa shape index (κ1) is 19.1. The maximum Gasteiger partial charge on any atom is 0.136 e. The van der Waals surface area contributed by atoms with Crippen LogP contribution < -0.4 is 5.32 Å². The van der Waals surface area contributed by atoms with E-state index in [2.05, 4.69) is 51.8 Å². The SMILES string of the molecule is COCc1cc(NCC2CCOC2C(C)(C)C)nc(C(C)(C)C)n1. The van der Waals surface area contributed by atoms with Crippen molar-refractivity contribution in [1.82, 2.24) is 9.97 Å². The Morgan fingerprint density at radius 3 is 2.50 bits per heavy atom. The van der Waals surface area contributed by atoms with Crippen LogP contribution in [-0.4, -0.2) is 36.3 Å². The Morgan fingerprint density at radius 1 is 1.21 bits per heavy atom. The van der Waals surface area contributed by atoms with E-state index in [1.807, 2.05) is 6.07 Å².